The van der Waals surface area contributed by atoms with Crippen molar-refractivity contribution in [3.63, 3.8) is 0 Å². The minimum atomic E-state index is 0.653. The topological polar surface area (TPSA) is 29.9 Å². The Kier molecular flexibility index (Phi) is 5.08. The predicted octanol–water partition coefficient (Wildman–Crippen LogP) is 3.96. The second-order valence-electron chi connectivity index (χ2n) is 4.82. The lowest BCUT2D eigenvalue weighted by atomic mass is 10.2. The van der Waals surface area contributed by atoms with E-state index in [1.54, 1.807) is 6.07 Å². The molecule has 0 saturated heterocycles. The summed E-state index contributed by atoms with van der Waals surface area (Å²) in [6.07, 6.45) is 0. The van der Waals surface area contributed by atoms with Crippen LogP contribution in [0.5, 0.6) is 0 Å². The standard InChI is InChI=1S/C15H19Cl2N3/c1-4-18-8-14-10(2)19-20(11(14)3)9-12-5-6-13(16)7-15(12)17/h5-7,18H,4,8-9H2,1-3H3. The lowest BCUT2D eigenvalue weighted by molar-refractivity contribution is 0.655. The van der Waals surface area contributed by atoms with Gasteiger partial charge in [0.15, 0.2) is 0 Å². The van der Waals surface area contributed by atoms with Gasteiger partial charge in [-0.05, 0) is 38.1 Å². The van der Waals surface area contributed by atoms with Gasteiger partial charge < -0.3 is 5.32 Å². The fourth-order valence-electron chi connectivity index (χ4n) is 2.21. The highest BCUT2D eigenvalue weighted by molar-refractivity contribution is 6.35. The first-order chi connectivity index (χ1) is 9.52. The molecule has 0 aliphatic heterocycles. The molecule has 0 amide bonds. The number of nitrogens with zero attached hydrogens (tertiary/aromatic N) is 2. The van der Waals surface area contributed by atoms with Crippen LogP contribution in [0.1, 0.15) is 29.4 Å². The molecule has 0 fully saturated rings. The van der Waals surface area contributed by atoms with Crippen molar-refractivity contribution in [1.29, 1.82) is 0 Å². The summed E-state index contributed by atoms with van der Waals surface area (Å²) in [5.41, 5.74) is 4.52. The summed E-state index contributed by atoms with van der Waals surface area (Å²) in [6.45, 7) is 8.70. The number of halogens is 2. The average Bonchev–Trinajstić information content (AvgIpc) is 2.66. The smallest absolute Gasteiger partial charge is 0.0677 e. The first kappa shape index (κ1) is 15.4. The van der Waals surface area contributed by atoms with E-state index in [0.717, 1.165) is 24.3 Å². The summed E-state index contributed by atoms with van der Waals surface area (Å²) >= 11 is 12.1. The highest BCUT2D eigenvalue weighted by Crippen LogP contribution is 2.23. The third-order valence-electron chi connectivity index (χ3n) is 3.42. The Hall–Kier alpha value is -1.03. The zero-order chi connectivity index (χ0) is 14.7. The molecule has 2 rings (SSSR count). The van der Waals surface area contributed by atoms with E-state index in [-0.39, 0.29) is 0 Å². The molecule has 0 unspecified atom stereocenters. The second-order valence-corrected chi connectivity index (χ2v) is 5.67. The number of benzene rings is 1. The highest BCUT2D eigenvalue weighted by Gasteiger charge is 2.12. The van der Waals surface area contributed by atoms with Crippen LogP contribution in [0.2, 0.25) is 10.0 Å². The maximum absolute atomic E-state index is 6.22. The molecule has 0 aliphatic carbocycles. The molecule has 0 spiro atoms. The van der Waals surface area contributed by atoms with Crippen LogP contribution in [-0.2, 0) is 13.1 Å². The van der Waals surface area contributed by atoms with Gasteiger partial charge in [0.1, 0.15) is 0 Å². The van der Waals surface area contributed by atoms with Crippen LogP contribution in [0.3, 0.4) is 0 Å². The van der Waals surface area contributed by atoms with Gasteiger partial charge in [0.25, 0.3) is 0 Å². The summed E-state index contributed by atoms with van der Waals surface area (Å²) in [7, 11) is 0. The molecule has 0 atom stereocenters. The average molecular weight is 312 g/mol. The quantitative estimate of drug-likeness (QED) is 0.905. The molecule has 108 valence electrons. The van der Waals surface area contributed by atoms with Gasteiger partial charge in [-0.25, -0.2) is 0 Å². The van der Waals surface area contributed by atoms with E-state index in [0.29, 0.717) is 16.6 Å². The van der Waals surface area contributed by atoms with Crippen molar-refractivity contribution >= 4 is 23.2 Å². The van der Waals surface area contributed by atoms with E-state index in [9.17, 15) is 0 Å². The Balaban J connectivity index is 2.25. The largest absolute Gasteiger partial charge is 0.313 e. The zero-order valence-corrected chi connectivity index (χ0v) is 13.5. The van der Waals surface area contributed by atoms with Gasteiger partial charge in [-0.2, -0.15) is 5.10 Å². The molecule has 20 heavy (non-hydrogen) atoms. The molecular weight excluding hydrogens is 293 g/mol. The van der Waals surface area contributed by atoms with Crippen molar-refractivity contribution in [3.8, 4) is 0 Å². The molecule has 3 nitrogen and oxygen atoms in total. The van der Waals surface area contributed by atoms with Gasteiger partial charge in [0.05, 0.1) is 12.2 Å². The molecule has 1 aromatic carbocycles. The molecule has 5 heteroatoms. The van der Waals surface area contributed by atoms with Crippen LogP contribution < -0.4 is 5.32 Å². The molecule has 1 N–H and O–H groups in total. The molecule has 0 aliphatic rings. The fraction of sp³-hybridized carbons (Fsp3) is 0.400. The van der Waals surface area contributed by atoms with Crippen molar-refractivity contribution < 1.29 is 0 Å². The third-order valence-corrected chi connectivity index (χ3v) is 4.01. The Bertz CT molecular complexity index is 605. The molecule has 0 saturated carbocycles. The maximum atomic E-state index is 6.22. The first-order valence-corrected chi connectivity index (χ1v) is 7.46. The van der Waals surface area contributed by atoms with Crippen molar-refractivity contribution in [2.24, 2.45) is 0 Å². The van der Waals surface area contributed by atoms with Gasteiger partial charge in [-0.15, -0.1) is 0 Å². The van der Waals surface area contributed by atoms with E-state index in [1.165, 1.54) is 11.3 Å². The fourth-order valence-corrected chi connectivity index (χ4v) is 2.67. The second kappa shape index (κ2) is 6.61. The van der Waals surface area contributed by atoms with Crippen molar-refractivity contribution in [1.82, 2.24) is 15.1 Å². The number of hydrogen-bond acceptors (Lipinski definition) is 2. The van der Waals surface area contributed by atoms with Crippen LogP contribution in [-0.4, -0.2) is 16.3 Å². The summed E-state index contributed by atoms with van der Waals surface area (Å²) in [4.78, 5) is 0. The normalized spacial score (nSPS) is 11.1. The Labute approximate surface area is 129 Å². The van der Waals surface area contributed by atoms with Crippen LogP contribution in [0.25, 0.3) is 0 Å². The minimum Gasteiger partial charge on any atom is -0.313 e. The Morgan fingerprint density at radius 2 is 2.00 bits per heavy atom. The highest BCUT2D eigenvalue weighted by atomic mass is 35.5. The van der Waals surface area contributed by atoms with E-state index >= 15 is 0 Å². The minimum absolute atomic E-state index is 0.653. The molecule has 1 heterocycles. The Morgan fingerprint density at radius 1 is 1.25 bits per heavy atom. The van der Waals surface area contributed by atoms with Gasteiger partial charge >= 0.3 is 0 Å². The lowest BCUT2D eigenvalue weighted by Gasteiger charge is -2.08. The molecule has 2 aromatic rings. The number of nitrogens with one attached hydrogen (secondary N) is 1. The van der Waals surface area contributed by atoms with E-state index in [4.69, 9.17) is 23.2 Å². The maximum Gasteiger partial charge on any atom is 0.0677 e. The number of hydrogen-bond donors (Lipinski definition) is 1. The van der Waals surface area contributed by atoms with Crippen molar-refractivity contribution in [2.45, 2.75) is 33.9 Å². The van der Waals surface area contributed by atoms with E-state index < -0.39 is 0 Å². The third kappa shape index (κ3) is 3.35. The SMILES string of the molecule is CCNCc1c(C)nn(Cc2ccc(Cl)cc2Cl)c1C. The van der Waals surface area contributed by atoms with Crippen LogP contribution >= 0.6 is 23.2 Å². The molecule has 1 aromatic heterocycles. The monoisotopic (exact) mass is 311 g/mol. The van der Waals surface area contributed by atoms with Crippen molar-refractivity contribution in [3.05, 3.63) is 50.8 Å². The zero-order valence-electron chi connectivity index (χ0n) is 12.0. The first-order valence-electron chi connectivity index (χ1n) is 6.70. The number of rotatable bonds is 5. The summed E-state index contributed by atoms with van der Waals surface area (Å²) in [5, 5.41) is 9.28. The van der Waals surface area contributed by atoms with Gasteiger partial charge in [0.2, 0.25) is 0 Å². The van der Waals surface area contributed by atoms with Gasteiger partial charge in [-0.3, -0.25) is 4.68 Å². The van der Waals surface area contributed by atoms with Crippen LogP contribution in [0.4, 0.5) is 0 Å². The molecule has 0 bridgehead atoms. The number of aromatic nitrogens is 2. The summed E-state index contributed by atoms with van der Waals surface area (Å²) in [6, 6.07) is 5.57. The molecule has 0 radical (unpaired) electrons. The van der Waals surface area contributed by atoms with E-state index in [2.05, 4.69) is 24.3 Å². The predicted molar refractivity (Wildman–Crippen MR) is 84.6 cm³/mol. The number of aryl methyl sites for hydroxylation is 1. The molecular formula is C15H19Cl2N3. The van der Waals surface area contributed by atoms with Gasteiger partial charge in [0, 0.05) is 27.8 Å². The lowest BCUT2D eigenvalue weighted by Crippen LogP contribution is -2.13. The Morgan fingerprint density at radius 3 is 2.65 bits per heavy atom. The summed E-state index contributed by atoms with van der Waals surface area (Å²) < 4.78 is 2.00. The summed E-state index contributed by atoms with van der Waals surface area (Å²) in [5.74, 6) is 0. The van der Waals surface area contributed by atoms with Gasteiger partial charge in [-0.1, -0.05) is 36.2 Å². The van der Waals surface area contributed by atoms with Crippen molar-refractivity contribution in [2.75, 3.05) is 6.54 Å². The van der Waals surface area contributed by atoms with E-state index in [1.807, 2.05) is 23.7 Å². The van der Waals surface area contributed by atoms with Crippen LogP contribution in [0, 0.1) is 13.8 Å². The van der Waals surface area contributed by atoms with Crippen LogP contribution in [0.15, 0.2) is 18.2 Å².